The van der Waals surface area contributed by atoms with Gasteiger partial charge in [0.15, 0.2) is 0 Å². The lowest BCUT2D eigenvalue weighted by molar-refractivity contribution is -0.414. The van der Waals surface area contributed by atoms with Crippen LogP contribution in [0.25, 0.3) is 0 Å². The minimum atomic E-state index is -1.56. The summed E-state index contributed by atoms with van der Waals surface area (Å²) in [6, 6.07) is 0. The first kappa shape index (κ1) is 36.2. The van der Waals surface area contributed by atoms with E-state index in [1.807, 2.05) is 13.8 Å². The van der Waals surface area contributed by atoms with Gasteiger partial charge in [-0.15, -0.1) is 0 Å². The number of ether oxygens (including phenoxy) is 2. The molecule has 0 aromatic carbocycles. The molecule has 0 aromatic rings. The number of Topliss-reactive ketones (excluding diaryl/α,β-unsaturated/α-hetero) is 2. The monoisotopic (exact) mass is 568 g/mol. The third-order valence-electron chi connectivity index (χ3n) is 7.96. The van der Waals surface area contributed by atoms with Crippen molar-refractivity contribution in [2.45, 2.75) is 143 Å². The Morgan fingerprint density at radius 2 is 1.25 bits per heavy atom. The van der Waals surface area contributed by atoms with Gasteiger partial charge in [0.05, 0.1) is 12.2 Å². The molecule has 40 heavy (non-hydrogen) atoms. The lowest BCUT2D eigenvalue weighted by Gasteiger charge is -2.39. The van der Waals surface area contributed by atoms with Crippen LogP contribution in [0.4, 0.5) is 0 Å². The summed E-state index contributed by atoms with van der Waals surface area (Å²) in [5.74, 6) is -0.690. The fourth-order valence-electron chi connectivity index (χ4n) is 5.78. The first-order valence-electron chi connectivity index (χ1n) is 15.4. The summed E-state index contributed by atoms with van der Waals surface area (Å²) < 4.78 is 11.5. The van der Waals surface area contributed by atoms with E-state index >= 15 is 0 Å². The maximum absolute atomic E-state index is 12.3. The number of carbonyl (C=O) groups is 4. The predicted octanol–water partition coefficient (Wildman–Crippen LogP) is 4.83. The van der Waals surface area contributed by atoms with E-state index in [1.54, 1.807) is 13.8 Å². The largest absolute Gasteiger partial charge is 0.356 e. The summed E-state index contributed by atoms with van der Waals surface area (Å²) in [5, 5.41) is 16.6. The first-order valence-corrected chi connectivity index (χ1v) is 15.4. The molecule has 0 spiro atoms. The molecule has 1 aliphatic heterocycles. The van der Waals surface area contributed by atoms with E-state index in [1.165, 1.54) is 13.8 Å². The number of ketones is 2. The third kappa shape index (κ3) is 17.1. The zero-order valence-corrected chi connectivity index (χ0v) is 25.9. The van der Waals surface area contributed by atoms with E-state index in [0.717, 1.165) is 70.6 Å². The van der Waals surface area contributed by atoms with Crippen LogP contribution >= 0.6 is 0 Å². The molecule has 0 saturated carbocycles. The molecule has 9 nitrogen and oxygen atoms in total. The smallest absolute Gasteiger partial charge is 0.280 e. The van der Waals surface area contributed by atoms with Gasteiger partial charge < -0.3 is 30.0 Å². The van der Waals surface area contributed by atoms with Gasteiger partial charge in [0.1, 0.15) is 11.6 Å². The zero-order valence-electron chi connectivity index (χ0n) is 25.9. The van der Waals surface area contributed by atoms with E-state index in [0.29, 0.717) is 37.8 Å². The van der Waals surface area contributed by atoms with Crippen LogP contribution in [0.5, 0.6) is 0 Å². The standard InChI is InChI=1S/C31H56N2O7/c1-22(34)9-7-11-30(25(4)35)15-14-28(10-8-18-31(38)39-23(2)21-24(3)40-31)12-13-29(16-19-32-26(5)36)17-20-33-27(6)37/h23-24,28-30,38H,7-21H2,1-6H3,(H,32,36)(H,33,37). The van der Waals surface area contributed by atoms with Crippen LogP contribution in [-0.2, 0) is 28.7 Å². The average molecular weight is 569 g/mol. The molecule has 1 saturated heterocycles. The molecular formula is C31H56N2O7. The second kappa shape index (κ2) is 19.3. The zero-order chi connectivity index (χ0) is 30.1. The van der Waals surface area contributed by atoms with Gasteiger partial charge in [-0.2, -0.15) is 0 Å². The summed E-state index contributed by atoms with van der Waals surface area (Å²) >= 11 is 0. The number of carbonyl (C=O) groups excluding carboxylic acids is 4. The molecule has 1 aliphatic rings. The molecule has 0 aromatic heterocycles. The van der Waals surface area contributed by atoms with Gasteiger partial charge in [-0.25, -0.2) is 0 Å². The van der Waals surface area contributed by atoms with Crippen LogP contribution in [0.15, 0.2) is 0 Å². The highest BCUT2D eigenvalue weighted by Crippen LogP contribution is 2.33. The molecule has 4 unspecified atom stereocenters. The summed E-state index contributed by atoms with van der Waals surface area (Å²) in [7, 11) is 0. The Bertz CT molecular complexity index is 758. The Kier molecular flexibility index (Phi) is 17.5. The van der Waals surface area contributed by atoms with Crippen molar-refractivity contribution >= 4 is 23.4 Å². The molecule has 0 bridgehead atoms. The van der Waals surface area contributed by atoms with E-state index in [9.17, 15) is 24.3 Å². The molecule has 0 aliphatic carbocycles. The SMILES string of the molecule is CC(=O)CCCC(CCC(CCCC1(O)OC(C)CC(C)O1)CCC(CCNC(C)=O)CCNC(C)=O)C(C)=O. The molecule has 1 heterocycles. The van der Waals surface area contributed by atoms with E-state index in [4.69, 9.17) is 9.47 Å². The second-order valence-corrected chi connectivity index (χ2v) is 12.0. The van der Waals surface area contributed by atoms with Gasteiger partial charge in [0.2, 0.25) is 11.8 Å². The maximum Gasteiger partial charge on any atom is 0.280 e. The lowest BCUT2D eigenvalue weighted by Crippen LogP contribution is -2.47. The topological polar surface area (TPSA) is 131 Å². The normalized spacial score (nSPS) is 22.5. The quantitative estimate of drug-likeness (QED) is 0.181. The molecule has 1 fully saturated rings. The summed E-state index contributed by atoms with van der Waals surface area (Å²) in [5.41, 5.74) is 0. The fraction of sp³-hybridized carbons (Fsp3) is 0.871. The molecule has 4 atom stereocenters. The first-order chi connectivity index (χ1) is 18.8. The van der Waals surface area contributed by atoms with Crippen molar-refractivity contribution in [3.05, 3.63) is 0 Å². The number of hydrogen-bond acceptors (Lipinski definition) is 7. The Balaban J connectivity index is 2.81. The van der Waals surface area contributed by atoms with E-state index < -0.39 is 5.97 Å². The Morgan fingerprint density at radius 1 is 0.750 bits per heavy atom. The maximum atomic E-state index is 12.3. The third-order valence-corrected chi connectivity index (χ3v) is 7.96. The van der Waals surface area contributed by atoms with Crippen molar-refractivity contribution in [1.29, 1.82) is 0 Å². The van der Waals surface area contributed by atoms with Crippen molar-refractivity contribution in [3.63, 3.8) is 0 Å². The van der Waals surface area contributed by atoms with Crippen LogP contribution in [-0.4, -0.2) is 59.8 Å². The van der Waals surface area contributed by atoms with Crippen LogP contribution in [0, 0.1) is 17.8 Å². The molecule has 2 amide bonds. The fourth-order valence-corrected chi connectivity index (χ4v) is 5.78. The van der Waals surface area contributed by atoms with Crippen molar-refractivity contribution in [2.75, 3.05) is 13.1 Å². The van der Waals surface area contributed by atoms with Crippen LogP contribution in [0.3, 0.4) is 0 Å². The highest BCUT2D eigenvalue weighted by atomic mass is 16.8. The van der Waals surface area contributed by atoms with Gasteiger partial charge >= 0.3 is 0 Å². The Labute approximate surface area is 241 Å². The number of amides is 2. The predicted molar refractivity (Wildman–Crippen MR) is 155 cm³/mol. The van der Waals surface area contributed by atoms with Crippen LogP contribution in [0.1, 0.15) is 125 Å². The second-order valence-electron chi connectivity index (χ2n) is 12.0. The Hall–Kier alpha value is -1.84. The minimum absolute atomic E-state index is 0.0481. The van der Waals surface area contributed by atoms with Gasteiger partial charge in [-0.3, -0.25) is 14.4 Å². The molecule has 1 rings (SSSR count). The number of nitrogens with one attached hydrogen (secondary N) is 2. The van der Waals surface area contributed by atoms with E-state index in [-0.39, 0.29) is 41.5 Å². The Morgan fingerprint density at radius 3 is 1.73 bits per heavy atom. The lowest BCUT2D eigenvalue weighted by atomic mass is 9.83. The summed E-state index contributed by atoms with van der Waals surface area (Å²) in [6.45, 7) is 11.4. The number of aliphatic hydroxyl groups is 1. The van der Waals surface area contributed by atoms with Crippen LogP contribution in [0.2, 0.25) is 0 Å². The molecule has 0 radical (unpaired) electrons. The molecule has 9 heteroatoms. The molecule has 232 valence electrons. The number of rotatable bonds is 21. The molecular weight excluding hydrogens is 512 g/mol. The van der Waals surface area contributed by atoms with Crippen molar-refractivity contribution in [1.82, 2.24) is 10.6 Å². The average Bonchev–Trinajstić information content (AvgIpc) is 2.81. The van der Waals surface area contributed by atoms with Gasteiger partial charge in [-0.1, -0.05) is 19.3 Å². The van der Waals surface area contributed by atoms with Crippen LogP contribution < -0.4 is 10.6 Å². The van der Waals surface area contributed by atoms with Crippen molar-refractivity contribution < 1.29 is 33.8 Å². The van der Waals surface area contributed by atoms with E-state index in [2.05, 4.69) is 10.6 Å². The highest BCUT2D eigenvalue weighted by molar-refractivity contribution is 5.78. The molecule has 3 N–H and O–H groups in total. The van der Waals surface area contributed by atoms with Gasteiger partial charge in [-0.05, 0) is 90.9 Å². The van der Waals surface area contributed by atoms with Gasteiger partial charge in [0, 0.05) is 45.7 Å². The minimum Gasteiger partial charge on any atom is -0.356 e. The van der Waals surface area contributed by atoms with Crippen molar-refractivity contribution in [2.24, 2.45) is 17.8 Å². The summed E-state index contributed by atoms with van der Waals surface area (Å²) in [4.78, 5) is 46.5. The van der Waals surface area contributed by atoms with Crippen molar-refractivity contribution in [3.8, 4) is 0 Å². The summed E-state index contributed by atoms with van der Waals surface area (Å²) in [6.07, 6.45) is 9.84. The highest BCUT2D eigenvalue weighted by Gasteiger charge is 2.38. The number of hydrogen-bond donors (Lipinski definition) is 3. The van der Waals surface area contributed by atoms with Gasteiger partial charge in [0.25, 0.3) is 5.97 Å².